The summed E-state index contributed by atoms with van der Waals surface area (Å²) in [5.74, 6) is 0.608. The molecule has 2 aromatic carbocycles. The van der Waals surface area contributed by atoms with Gasteiger partial charge in [0.25, 0.3) is 5.91 Å². The van der Waals surface area contributed by atoms with Gasteiger partial charge < -0.3 is 19.5 Å². The highest BCUT2D eigenvalue weighted by molar-refractivity contribution is 5.81. The van der Waals surface area contributed by atoms with Crippen molar-refractivity contribution < 1.29 is 19.4 Å². The fraction of sp³-hybridized carbons (Fsp3) is 0.381. The lowest BCUT2D eigenvalue weighted by molar-refractivity contribution is -0.141. The van der Waals surface area contributed by atoms with E-state index in [9.17, 15) is 9.90 Å². The van der Waals surface area contributed by atoms with Crippen molar-refractivity contribution in [1.82, 2.24) is 4.90 Å². The van der Waals surface area contributed by atoms with Crippen LogP contribution in [0, 0.1) is 6.92 Å². The predicted octanol–water partition coefficient (Wildman–Crippen LogP) is 3.27. The van der Waals surface area contributed by atoms with E-state index in [1.807, 2.05) is 37.3 Å². The maximum absolute atomic E-state index is 12.7. The Balaban J connectivity index is 1.68. The number of phenolic OH excluding ortho intramolecular Hbond substituents is 1. The Morgan fingerprint density at radius 2 is 2.08 bits per heavy atom. The molecule has 1 saturated heterocycles. The number of nitrogens with zero attached hydrogens (tertiary/aromatic N) is 1. The summed E-state index contributed by atoms with van der Waals surface area (Å²) in [5, 5.41) is 10.5. The van der Waals surface area contributed by atoms with Crippen molar-refractivity contribution in [3.8, 4) is 22.6 Å². The fourth-order valence-corrected chi connectivity index (χ4v) is 3.72. The fourth-order valence-electron chi connectivity index (χ4n) is 3.72. The number of hydrogen-bond acceptors (Lipinski definition) is 4. The monoisotopic (exact) mass is 353 g/mol. The number of phenols is 1. The smallest absolute Gasteiger partial charge is 0.252 e. The Kier molecular flexibility index (Phi) is 4.55. The zero-order valence-corrected chi connectivity index (χ0v) is 14.9. The highest BCUT2D eigenvalue weighted by atomic mass is 16.5. The Morgan fingerprint density at radius 3 is 2.85 bits per heavy atom. The number of hydrogen-bond donors (Lipinski definition) is 1. The highest BCUT2D eigenvalue weighted by Crippen LogP contribution is 2.38. The van der Waals surface area contributed by atoms with Crippen molar-refractivity contribution in [1.29, 1.82) is 0 Å². The van der Waals surface area contributed by atoms with Gasteiger partial charge in [0, 0.05) is 18.7 Å². The summed E-state index contributed by atoms with van der Waals surface area (Å²) >= 11 is 0. The van der Waals surface area contributed by atoms with Crippen LogP contribution in [-0.2, 0) is 16.1 Å². The second-order valence-electron chi connectivity index (χ2n) is 6.91. The first kappa shape index (κ1) is 16.9. The Bertz CT molecular complexity index is 827. The van der Waals surface area contributed by atoms with E-state index in [0.717, 1.165) is 35.1 Å². The molecular weight excluding hydrogens is 330 g/mol. The molecule has 1 atom stereocenters. The minimum atomic E-state index is -0.343. The van der Waals surface area contributed by atoms with Crippen LogP contribution in [0.1, 0.15) is 24.0 Å². The first-order valence-electron chi connectivity index (χ1n) is 9.08. The highest BCUT2D eigenvalue weighted by Gasteiger charge is 2.30. The number of ether oxygens (including phenoxy) is 2. The van der Waals surface area contributed by atoms with E-state index < -0.39 is 0 Å². The van der Waals surface area contributed by atoms with Crippen LogP contribution in [0.4, 0.5) is 0 Å². The van der Waals surface area contributed by atoms with Crippen LogP contribution in [0.3, 0.4) is 0 Å². The number of carbonyl (C=O) groups is 1. The molecule has 2 aliphatic heterocycles. The summed E-state index contributed by atoms with van der Waals surface area (Å²) in [6, 6.07) is 11.8. The predicted molar refractivity (Wildman–Crippen MR) is 98.2 cm³/mol. The van der Waals surface area contributed by atoms with Gasteiger partial charge in [-0.25, -0.2) is 0 Å². The van der Waals surface area contributed by atoms with Gasteiger partial charge in [-0.3, -0.25) is 4.79 Å². The van der Waals surface area contributed by atoms with E-state index in [2.05, 4.69) is 0 Å². The third-order valence-electron chi connectivity index (χ3n) is 5.09. The van der Waals surface area contributed by atoms with Crippen LogP contribution in [0.15, 0.2) is 36.4 Å². The third kappa shape index (κ3) is 3.15. The van der Waals surface area contributed by atoms with Crippen molar-refractivity contribution in [2.24, 2.45) is 0 Å². The quantitative estimate of drug-likeness (QED) is 0.900. The van der Waals surface area contributed by atoms with Crippen molar-refractivity contribution in [2.75, 3.05) is 19.8 Å². The molecule has 136 valence electrons. The van der Waals surface area contributed by atoms with Crippen LogP contribution in [0.5, 0.6) is 11.5 Å². The van der Waals surface area contributed by atoms with Gasteiger partial charge in [0.1, 0.15) is 12.7 Å². The van der Waals surface area contributed by atoms with Crippen LogP contribution in [0.25, 0.3) is 11.1 Å². The van der Waals surface area contributed by atoms with E-state index in [1.165, 1.54) is 0 Å². The summed E-state index contributed by atoms with van der Waals surface area (Å²) in [7, 11) is 0. The van der Waals surface area contributed by atoms with Crippen LogP contribution < -0.4 is 4.74 Å². The standard InChI is InChI=1S/C21H23NO4/c1-14-5-2-3-6-17(14)15-11-16-13-22(21(24)19-7-4-9-25-19)8-10-26-20(16)18(23)12-15/h2-3,5-6,11-12,19,23H,4,7-10,13H2,1H3. The molecule has 2 aliphatic rings. The van der Waals surface area contributed by atoms with Crippen molar-refractivity contribution >= 4 is 5.91 Å². The Labute approximate surface area is 153 Å². The molecule has 1 N–H and O–H groups in total. The zero-order valence-electron chi connectivity index (χ0n) is 14.9. The first-order valence-corrected chi connectivity index (χ1v) is 9.08. The van der Waals surface area contributed by atoms with Crippen molar-refractivity contribution in [3.05, 3.63) is 47.5 Å². The number of benzene rings is 2. The summed E-state index contributed by atoms with van der Waals surface area (Å²) in [4.78, 5) is 14.5. The van der Waals surface area contributed by atoms with E-state index in [0.29, 0.717) is 32.1 Å². The molecule has 0 aromatic heterocycles. The molecule has 0 saturated carbocycles. The molecule has 5 heteroatoms. The number of fused-ring (bicyclic) bond motifs is 1. The van der Waals surface area contributed by atoms with E-state index >= 15 is 0 Å². The summed E-state index contributed by atoms with van der Waals surface area (Å²) < 4.78 is 11.3. The SMILES string of the molecule is Cc1ccccc1-c1cc(O)c2c(c1)CN(C(=O)C1CCCO1)CCO2. The number of aromatic hydroxyl groups is 1. The van der Waals surface area contributed by atoms with E-state index in [1.54, 1.807) is 11.0 Å². The molecule has 1 fully saturated rings. The second kappa shape index (κ2) is 7.00. The molecule has 0 bridgehead atoms. The number of rotatable bonds is 2. The van der Waals surface area contributed by atoms with E-state index in [-0.39, 0.29) is 17.8 Å². The number of carbonyl (C=O) groups excluding carboxylic acids is 1. The molecule has 0 aliphatic carbocycles. The lowest BCUT2D eigenvalue weighted by Crippen LogP contribution is -2.39. The first-order chi connectivity index (χ1) is 12.6. The average Bonchev–Trinajstić information content (AvgIpc) is 3.08. The maximum atomic E-state index is 12.7. The molecule has 2 aromatic rings. The summed E-state index contributed by atoms with van der Waals surface area (Å²) in [5.41, 5.74) is 3.95. The van der Waals surface area contributed by atoms with Gasteiger partial charge in [-0.2, -0.15) is 0 Å². The molecule has 0 radical (unpaired) electrons. The van der Waals surface area contributed by atoms with Crippen LogP contribution >= 0.6 is 0 Å². The molecular formula is C21H23NO4. The molecule has 5 nitrogen and oxygen atoms in total. The van der Waals surface area contributed by atoms with Gasteiger partial charge in [0.15, 0.2) is 11.5 Å². The average molecular weight is 353 g/mol. The maximum Gasteiger partial charge on any atom is 0.252 e. The molecule has 1 unspecified atom stereocenters. The lowest BCUT2D eigenvalue weighted by Gasteiger charge is -2.23. The van der Waals surface area contributed by atoms with Gasteiger partial charge in [-0.1, -0.05) is 24.3 Å². The van der Waals surface area contributed by atoms with Crippen molar-refractivity contribution in [2.45, 2.75) is 32.4 Å². The van der Waals surface area contributed by atoms with Gasteiger partial charge in [-0.15, -0.1) is 0 Å². The van der Waals surface area contributed by atoms with Gasteiger partial charge >= 0.3 is 0 Å². The lowest BCUT2D eigenvalue weighted by atomic mass is 9.97. The summed E-state index contributed by atoms with van der Waals surface area (Å²) in [6.07, 6.45) is 1.36. The normalized spacial score (nSPS) is 19.6. The zero-order chi connectivity index (χ0) is 18.1. The molecule has 4 rings (SSSR count). The minimum Gasteiger partial charge on any atom is -0.504 e. The van der Waals surface area contributed by atoms with Crippen molar-refractivity contribution in [3.63, 3.8) is 0 Å². The van der Waals surface area contributed by atoms with E-state index in [4.69, 9.17) is 9.47 Å². The Hall–Kier alpha value is -2.53. The molecule has 0 spiro atoms. The third-order valence-corrected chi connectivity index (χ3v) is 5.09. The number of amides is 1. The van der Waals surface area contributed by atoms with Crippen LogP contribution in [0.2, 0.25) is 0 Å². The number of aryl methyl sites for hydroxylation is 1. The molecule has 1 amide bonds. The minimum absolute atomic E-state index is 0.0136. The largest absolute Gasteiger partial charge is 0.504 e. The van der Waals surface area contributed by atoms with Crippen LogP contribution in [-0.4, -0.2) is 41.8 Å². The summed E-state index contributed by atoms with van der Waals surface area (Å²) in [6.45, 7) is 3.97. The Morgan fingerprint density at radius 1 is 1.23 bits per heavy atom. The second-order valence-corrected chi connectivity index (χ2v) is 6.91. The molecule has 2 heterocycles. The van der Waals surface area contributed by atoms with Gasteiger partial charge in [-0.05, 0) is 48.6 Å². The topological polar surface area (TPSA) is 59.0 Å². The molecule has 26 heavy (non-hydrogen) atoms. The van der Waals surface area contributed by atoms with Gasteiger partial charge in [0.2, 0.25) is 0 Å². The van der Waals surface area contributed by atoms with Gasteiger partial charge in [0.05, 0.1) is 6.54 Å².